The van der Waals surface area contributed by atoms with Crippen molar-refractivity contribution in [3.8, 4) is 5.75 Å². The molecule has 0 aromatic heterocycles. The summed E-state index contributed by atoms with van der Waals surface area (Å²) in [4.78, 5) is 0. The molecule has 2 aromatic carbocycles. The molecule has 0 saturated carbocycles. The van der Waals surface area contributed by atoms with Crippen LogP contribution in [0.5, 0.6) is 5.75 Å². The maximum absolute atomic E-state index is 5.63. The maximum Gasteiger partial charge on any atom is 0.142 e. The second kappa shape index (κ2) is 8.32. The number of hydrogen-bond acceptors (Lipinski definition) is 3. The highest BCUT2D eigenvalue weighted by Gasteiger charge is 2.04. The van der Waals surface area contributed by atoms with Gasteiger partial charge >= 0.3 is 0 Å². The molecular formula is C19H26N2O. The number of benzene rings is 2. The molecule has 0 aliphatic carbocycles. The van der Waals surface area contributed by atoms with Crippen LogP contribution >= 0.6 is 0 Å². The Morgan fingerprint density at radius 1 is 0.909 bits per heavy atom. The molecule has 2 aromatic rings. The molecule has 0 saturated heterocycles. The molecule has 22 heavy (non-hydrogen) atoms. The van der Waals surface area contributed by atoms with Gasteiger partial charge in [-0.25, -0.2) is 0 Å². The van der Waals surface area contributed by atoms with Crippen LogP contribution < -0.4 is 15.4 Å². The van der Waals surface area contributed by atoms with Gasteiger partial charge in [-0.05, 0) is 43.5 Å². The van der Waals surface area contributed by atoms with Gasteiger partial charge in [0, 0.05) is 18.8 Å². The molecule has 0 radical (unpaired) electrons. The molecule has 0 atom stereocenters. The zero-order valence-electron chi connectivity index (χ0n) is 13.8. The van der Waals surface area contributed by atoms with E-state index < -0.39 is 0 Å². The summed E-state index contributed by atoms with van der Waals surface area (Å²) >= 11 is 0. The highest BCUT2D eigenvalue weighted by Crippen LogP contribution is 2.24. The molecule has 118 valence electrons. The van der Waals surface area contributed by atoms with E-state index >= 15 is 0 Å². The van der Waals surface area contributed by atoms with Crippen LogP contribution in [0.3, 0.4) is 0 Å². The monoisotopic (exact) mass is 298 g/mol. The first-order valence-electron chi connectivity index (χ1n) is 8.04. The Morgan fingerprint density at radius 3 is 2.45 bits per heavy atom. The smallest absolute Gasteiger partial charge is 0.142 e. The standard InChI is InChI=1S/C19H26N2O/c1-4-16-10-8-9-15(3)19(16)21-14-13-20-17-11-6-7-12-18(17)22-5-2/h6-12,20-21H,4-5,13-14H2,1-3H3. The molecule has 3 heteroatoms. The minimum Gasteiger partial charge on any atom is -0.492 e. The van der Waals surface area contributed by atoms with Crippen molar-refractivity contribution in [2.24, 2.45) is 0 Å². The summed E-state index contributed by atoms with van der Waals surface area (Å²) in [6, 6.07) is 14.5. The van der Waals surface area contributed by atoms with Crippen molar-refractivity contribution in [3.05, 3.63) is 53.6 Å². The second-order valence-corrected chi connectivity index (χ2v) is 5.25. The number of aryl methyl sites for hydroxylation is 2. The molecule has 0 spiro atoms. The fourth-order valence-corrected chi connectivity index (χ4v) is 2.55. The van der Waals surface area contributed by atoms with Crippen molar-refractivity contribution in [3.63, 3.8) is 0 Å². The zero-order valence-corrected chi connectivity index (χ0v) is 13.8. The van der Waals surface area contributed by atoms with E-state index in [9.17, 15) is 0 Å². The summed E-state index contributed by atoms with van der Waals surface area (Å²) in [5, 5.41) is 6.99. The van der Waals surface area contributed by atoms with Crippen LogP contribution in [-0.2, 0) is 6.42 Å². The second-order valence-electron chi connectivity index (χ2n) is 5.25. The van der Waals surface area contributed by atoms with Gasteiger partial charge in [0.1, 0.15) is 5.75 Å². The third-order valence-electron chi connectivity index (χ3n) is 3.67. The first-order valence-corrected chi connectivity index (χ1v) is 8.04. The van der Waals surface area contributed by atoms with Gasteiger partial charge in [-0.3, -0.25) is 0 Å². The molecule has 0 amide bonds. The van der Waals surface area contributed by atoms with Gasteiger partial charge < -0.3 is 15.4 Å². The summed E-state index contributed by atoms with van der Waals surface area (Å²) in [7, 11) is 0. The van der Waals surface area contributed by atoms with Crippen LogP contribution in [0.25, 0.3) is 0 Å². The number of rotatable bonds is 8. The molecule has 3 nitrogen and oxygen atoms in total. The summed E-state index contributed by atoms with van der Waals surface area (Å²) in [5.41, 5.74) is 4.99. The van der Waals surface area contributed by atoms with E-state index in [1.165, 1.54) is 16.8 Å². The number of ether oxygens (including phenoxy) is 1. The maximum atomic E-state index is 5.63. The molecule has 0 aliphatic heterocycles. The lowest BCUT2D eigenvalue weighted by atomic mass is 10.1. The largest absolute Gasteiger partial charge is 0.492 e. The molecule has 2 N–H and O–H groups in total. The summed E-state index contributed by atoms with van der Waals surface area (Å²) in [6.07, 6.45) is 1.05. The molecule has 2 rings (SSSR count). The van der Waals surface area contributed by atoms with Gasteiger partial charge in [-0.2, -0.15) is 0 Å². The van der Waals surface area contributed by atoms with Crippen molar-refractivity contribution >= 4 is 11.4 Å². The Kier molecular flexibility index (Phi) is 6.13. The van der Waals surface area contributed by atoms with Gasteiger partial charge in [0.25, 0.3) is 0 Å². The molecule has 0 heterocycles. The lowest BCUT2D eigenvalue weighted by Gasteiger charge is -2.16. The average molecular weight is 298 g/mol. The van der Waals surface area contributed by atoms with E-state index in [1.807, 2.05) is 25.1 Å². The molecule has 0 unspecified atom stereocenters. The molecule has 0 fully saturated rings. The first kappa shape index (κ1) is 16.2. The van der Waals surface area contributed by atoms with Gasteiger partial charge in [-0.1, -0.05) is 37.3 Å². The number of nitrogens with one attached hydrogen (secondary N) is 2. The van der Waals surface area contributed by atoms with Crippen molar-refractivity contribution in [2.45, 2.75) is 27.2 Å². The van der Waals surface area contributed by atoms with E-state index in [4.69, 9.17) is 4.74 Å². The Labute approximate surface area is 133 Å². The Morgan fingerprint density at radius 2 is 1.68 bits per heavy atom. The van der Waals surface area contributed by atoms with Crippen LogP contribution in [0, 0.1) is 6.92 Å². The topological polar surface area (TPSA) is 33.3 Å². The third kappa shape index (κ3) is 4.17. The number of anilines is 2. The lowest BCUT2D eigenvalue weighted by molar-refractivity contribution is 0.342. The Balaban J connectivity index is 1.90. The number of para-hydroxylation sites is 3. The summed E-state index contributed by atoms with van der Waals surface area (Å²) in [5.74, 6) is 0.912. The Hall–Kier alpha value is -2.16. The van der Waals surface area contributed by atoms with Gasteiger partial charge in [0.15, 0.2) is 0 Å². The van der Waals surface area contributed by atoms with E-state index in [0.29, 0.717) is 6.61 Å². The van der Waals surface area contributed by atoms with Crippen molar-refractivity contribution in [1.82, 2.24) is 0 Å². The Bertz CT molecular complexity index is 596. The van der Waals surface area contributed by atoms with Crippen LogP contribution in [0.2, 0.25) is 0 Å². The van der Waals surface area contributed by atoms with E-state index in [0.717, 1.165) is 30.9 Å². The predicted molar refractivity (Wildman–Crippen MR) is 95.1 cm³/mol. The molecule has 0 aliphatic rings. The fourth-order valence-electron chi connectivity index (χ4n) is 2.55. The van der Waals surface area contributed by atoms with Crippen molar-refractivity contribution in [1.29, 1.82) is 0 Å². The molecule has 0 bridgehead atoms. The highest BCUT2D eigenvalue weighted by molar-refractivity contribution is 5.58. The SMILES string of the molecule is CCOc1ccccc1NCCNc1c(C)cccc1CC. The highest BCUT2D eigenvalue weighted by atomic mass is 16.5. The zero-order chi connectivity index (χ0) is 15.8. The summed E-state index contributed by atoms with van der Waals surface area (Å²) < 4.78 is 5.63. The van der Waals surface area contributed by atoms with Crippen molar-refractivity contribution < 1.29 is 4.74 Å². The van der Waals surface area contributed by atoms with E-state index in [1.54, 1.807) is 0 Å². The summed E-state index contributed by atoms with van der Waals surface area (Å²) in [6.45, 7) is 8.75. The lowest BCUT2D eigenvalue weighted by Crippen LogP contribution is -2.15. The average Bonchev–Trinajstić information content (AvgIpc) is 2.54. The van der Waals surface area contributed by atoms with Gasteiger partial charge in [0.05, 0.1) is 12.3 Å². The predicted octanol–water partition coefficient (Wildman–Crippen LogP) is 4.48. The van der Waals surface area contributed by atoms with Crippen molar-refractivity contribution in [2.75, 3.05) is 30.3 Å². The van der Waals surface area contributed by atoms with Crippen LogP contribution in [-0.4, -0.2) is 19.7 Å². The van der Waals surface area contributed by atoms with E-state index in [2.05, 4.69) is 48.7 Å². The van der Waals surface area contributed by atoms with E-state index in [-0.39, 0.29) is 0 Å². The van der Waals surface area contributed by atoms with Gasteiger partial charge in [0.2, 0.25) is 0 Å². The first-order chi connectivity index (χ1) is 10.8. The molecular weight excluding hydrogens is 272 g/mol. The minimum atomic E-state index is 0.681. The fraction of sp³-hybridized carbons (Fsp3) is 0.368. The normalized spacial score (nSPS) is 10.3. The van der Waals surface area contributed by atoms with Crippen LogP contribution in [0.15, 0.2) is 42.5 Å². The van der Waals surface area contributed by atoms with Crippen LogP contribution in [0.1, 0.15) is 25.0 Å². The number of hydrogen-bond donors (Lipinski definition) is 2. The minimum absolute atomic E-state index is 0.681. The van der Waals surface area contributed by atoms with Gasteiger partial charge in [-0.15, -0.1) is 0 Å². The van der Waals surface area contributed by atoms with Crippen LogP contribution in [0.4, 0.5) is 11.4 Å². The third-order valence-corrected chi connectivity index (χ3v) is 3.67. The quantitative estimate of drug-likeness (QED) is 0.705.